The molecule has 1 fully saturated rings. The predicted octanol–water partition coefficient (Wildman–Crippen LogP) is 1.19. The molecule has 0 unspecified atom stereocenters. The first-order valence-electron chi connectivity index (χ1n) is 7.23. The van der Waals surface area contributed by atoms with E-state index in [0.717, 1.165) is 25.9 Å². The van der Waals surface area contributed by atoms with Crippen molar-refractivity contribution in [1.82, 2.24) is 9.62 Å². The number of rotatable bonds is 5. The molecule has 1 heterocycles. The number of nitrogens with one attached hydrogen (secondary N) is 1. The van der Waals surface area contributed by atoms with Gasteiger partial charge in [0.1, 0.15) is 0 Å². The molecule has 1 aromatic rings. The van der Waals surface area contributed by atoms with E-state index in [1.165, 1.54) is 12.1 Å². The van der Waals surface area contributed by atoms with Gasteiger partial charge in [-0.2, -0.15) is 0 Å². The molecule has 0 saturated carbocycles. The number of hydrogen-bond donors (Lipinski definition) is 2. The third-order valence-corrected chi connectivity index (χ3v) is 5.72. The minimum Gasteiger partial charge on any atom is -0.392 e. The van der Waals surface area contributed by atoms with Crippen molar-refractivity contribution in [3.63, 3.8) is 0 Å². The summed E-state index contributed by atoms with van der Waals surface area (Å²) in [6.45, 7) is 4.52. The first-order chi connectivity index (χ1) is 9.85. The number of likely N-dealkylation sites (tertiary alicyclic amines) is 1. The Labute approximate surface area is 127 Å². The van der Waals surface area contributed by atoms with E-state index in [1.54, 1.807) is 12.1 Å². The smallest absolute Gasteiger partial charge is 0.240 e. The maximum absolute atomic E-state index is 12.3. The highest BCUT2D eigenvalue weighted by Gasteiger charge is 2.30. The zero-order chi connectivity index (χ0) is 15.5. The molecule has 1 aromatic carbocycles. The monoisotopic (exact) mass is 312 g/mol. The number of benzene rings is 1. The molecule has 118 valence electrons. The Morgan fingerprint density at radius 2 is 1.81 bits per heavy atom. The third kappa shape index (κ3) is 4.26. The molecule has 0 amide bonds. The van der Waals surface area contributed by atoms with E-state index < -0.39 is 10.0 Å². The Bertz CT molecular complexity index is 561. The molecule has 2 rings (SSSR count). The summed E-state index contributed by atoms with van der Waals surface area (Å²) in [6, 6.07) is 6.33. The Hall–Kier alpha value is -0.950. The average Bonchev–Trinajstić information content (AvgIpc) is 2.49. The number of sulfonamides is 1. The van der Waals surface area contributed by atoms with Gasteiger partial charge in [-0.05, 0) is 56.1 Å². The molecule has 1 aliphatic rings. The molecule has 0 aromatic heterocycles. The lowest BCUT2D eigenvalue weighted by molar-refractivity contribution is 0.143. The van der Waals surface area contributed by atoms with Crippen molar-refractivity contribution in [2.24, 2.45) is 5.41 Å². The SMILES string of the molecule is CN1CCC(C)(CNS(=O)(=O)c2ccc(CO)cc2)CC1. The summed E-state index contributed by atoms with van der Waals surface area (Å²) in [4.78, 5) is 2.51. The van der Waals surface area contributed by atoms with Crippen molar-refractivity contribution < 1.29 is 13.5 Å². The Morgan fingerprint density at radius 3 is 2.33 bits per heavy atom. The van der Waals surface area contributed by atoms with Gasteiger partial charge < -0.3 is 10.0 Å². The van der Waals surface area contributed by atoms with E-state index in [9.17, 15) is 8.42 Å². The zero-order valence-electron chi connectivity index (χ0n) is 12.7. The second kappa shape index (κ2) is 6.44. The van der Waals surface area contributed by atoms with Crippen LogP contribution in [0.1, 0.15) is 25.3 Å². The lowest BCUT2D eigenvalue weighted by Gasteiger charge is -2.37. The number of nitrogens with zero attached hydrogens (tertiary/aromatic N) is 1. The molecular weight excluding hydrogens is 288 g/mol. The van der Waals surface area contributed by atoms with E-state index in [2.05, 4.69) is 23.6 Å². The quantitative estimate of drug-likeness (QED) is 0.857. The standard InChI is InChI=1S/C15H24N2O3S/c1-15(7-9-17(2)10-8-15)12-16-21(19,20)14-5-3-13(11-18)4-6-14/h3-6,16,18H,7-12H2,1-2H3. The van der Waals surface area contributed by atoms with Crippen LogP contribution in [-0.2, 0) is 16.6 Å². The summed E-state index contributed by atoms with van der Waals surface area (Å²) in [5, 5.41) is 8.99. The van der Waals surface area contributed by atoms with Gasteiger partial charge in [0, 0.05) is 6.54 Å². The Balaban J connectivity index is 2.00. The van der Waals surface area contributed by atoms with Gasteiger partial charge >= 0.3 is 0 Å². The maximum Gasteiger partial charge on any atom is 0.240 e. The van der Waals surface area contributed by atoms with E-state index >= 15 is 0 Å². The summed E-state index contributed by atoms with van der Waals surface area (Å²) in [5.74, 6) is 0. The minimum absolute atomic E-state index is 0.0185. The van der Waals surface area contributed by atoms with Crippen molar-refractivity contribution in [2.75, 3.05) is 26.7 Å². The number of aliphatic hydroxyl groups excluding tert-OH is 1. The summed E-state index contributed by atoms with van der Waals surface area (Å²) in [7, 11) is -1.39. The summed E-state index contributed by atoms with van der Waals surface area (Å²) in [5.41, 5.74) is 0.723. The van der Waals surface area contributed by atoms with Crippen LogP contribution in [0, 0.1) is 5.41 Å². The molecule has 0 aliphatic carbocycles. The zero-order valence-corrected chi connectivity index (χ0v) is 13.5. The Morgan fingerprint density at radius 1 is 1.24 bits per heavy atom. The predicted molar refractivity (Wildman–Crippen MR) is 82.4 cm³/mol. The van der Waals surface area contributed by atoms with Crippen LogP contribution in [0.2, 0.25) is 0 Å². The fraction of sp³-hybridized carbons (Fsp3) is 0.600. The van der Waals surface area contributed by atoms with Crippen LogP contribution >= 0.6 is 0 Å². The van der Waals surface area contributed by atoms with Gasteiger partial charge in [0.2, 0.25) is 10.0 Å². The van der Waals surface area contributed by atoms with Crippen molar-refractivity contribution in [2.45, 2.75) is 31.3 Å². The highest BCUT2D eigenvalue weighted by atomic mass is 32.2. The Kier molecular flexibility index (Phi) is 5.03. The molecular formula is C15H24N2O3S. The van der Waals surface area contributed by atoms with Crippen LogP contribution in [0.5, 0.6) is 0 Å². The summed E-state index contributed by atoms with van der Waals surface area (Å²) in [6.07, 6.45) is 1.99. The molecule has 1 aliphatic heterocycles. The molecule has 2 N–H and O–H groups in total. The number of aliphatic hydroxyl groups is 1. The largest absolute Gasteiger partial charge is 0.392 e. The first-order valence-corrected chi connectivity index (χ1v) is 8.71. The van der Waals surface area contributed by atoms with Gasteiger partial charge in [0.15, 0.2) is 0 Å². The van der Waals surface area contributed by atoms with Crippen LogP contribution in [0.15, 0.2) is 29.2 Å². The van der Waals surface area contributed by atoms with Gasteiger partial charge in [-0.3, -0.25) is 0 Å². The normalized spacial score (nSPS) is 19.6. The molecule has 21 heavy (non-hydrogen) atoms. The maximum atomic E-state index is 12.3. The second-order valence-electron chi connectivity index (χ2n) is 6.24. The van der Waals surface area contributed by atoms with Gasteiger partial charge in [-0.15, -0.1) is 0 Å². The fourth-order valence-electron chi connectivity index (χ4n) is 2.46. The lowest BCUT2D eigenvalue weighted by Crippen LogP contribution is -2.43. The van der Waals surface area contributed by atoms with E-state index in [-0.39, 0.29) is 16.9 Å². The molecule has 1 saturated heterocycles. The first kappa shape index (κ1) is 16.4. The van der Waals surface area contributed by atoms with Crippen molar-refractivity contribution in [1.29, 1.82) is 0 Å². The molecule has 0 bridgehead atoms. The minimum atomic E-state index is -3.48. The lowest BCUT2D eigenvalue weighted by atomic mass is 9.81. The second-order valence-corrected chi connectivity index (χ2v) is 8.01. The molecule has 0 atom stereocenters. The third-order valence-electron chi connectivity index (χ3n) is 4.30. The average molecular weight is 312 g/mol. The van der Waals surface area contributed by atoms with Gasteiger partial charge in [-0.25, -0.2) is 13.1 Å². The fourth-order valence-corrected chi connectivity index (χ4v) is 3.66. The van der Waals surface area contributed by atoms with E-state index in [4.69, 9.17) is 5.11 Å². The highest BCUT2D eigenvalue weighted by molar-refractivity contribution is 7.89. The van der Waals surface area contributed by atoms with Crippen molar-refractivity contribution >= 4 is 10.0 Å². The van der Waals surface area contributed by atoms with E-state index in [0.29, 0.717) is 12.1 Å². The topological polar surface area (TPSA) is 69.6 Å². The van der Waals surface area contributed by atoms with Crippen LogP contribution < -0.4 is 4.72 Å². The van der Waals surface area contributed by atoms with Crippen LogP contribution in [0.25, 0.3) is 0 Å². The molecule has 0 spiro atoms. The van der Waals surface area contributed by atoms with E-state index in [1.807, 2.05) is 0 Å². The highest BCUT2D eigenvalue weighted by Crippen LogP contribution is 2.29. The molecule has 5 nitrogen and oxygen atoms in total. The molecule has 6 heteroatoms. The van der Waals surface area contributed by atoms with Gasteiger partial charge in [0.25, 0.3) is 0 Å². The summed E-state index contributed by atoms with van der Waals surface area (Å²) < 4.78 is 27.3. The summed E-state index contributed by atoms with van der Waals surface area (Å²) >= 11 is 0. The van der Waals surface area contributed by atoms with Crippen molar-refractivity contribution in [3.8, 4) is 0 Å². The van der Waals surface area contributed by atoms with Gasteiger partial charge in [-0.1, -0.05) is 19.1 Å². The van der Waals surface area contributed by atoms with Crippen LogP contribution in [0.3, 0.4) is 0 Å². The van der Waals surface area contributed by atoms with Crippen LogP contribution in [-0.4, -0.2) is 45.1 Å². The van der Waals surface area contributed by atoms with Crippen molar-refractivity contribution in [3.05, 3.63) is 29.8 Å². The van der Waals surface area contributed by atoms with Gasteiger partial charge in [0.05, 0.1) is 11.5 Å². The number of piperidine rings is 1. The van der Waals surface area contributed by atoms with Crippen LogP contribution in [0.4, 0.5) is 0 Å². The number of hydrogen-bond acceptors (Lipinski definition) is 4. The molecule has 0 radical (unpaired) electrons.